The molecule has 2 N–H and O–H groups in total. The van der Waals surface area contributed by atoms with E-state index in [1.54, 1.807) is 12.1 Å². The third kappa shape index (κ3) is 6.40. The monoisotopic (exact) mass is 291 g/mol. The number of halogens is 2. The quantitative estimate of drug-likeness (QED) is 0.615. The minimum absolute atomic E-state index is 0. The highest BCUT2D eigenvalue weighted by molar-refractivity contribution is 5.85. The first-order valence-corrected chi connectivity index (χ1v) is 5.78. The van der Waals surface area contributed by atoms with Crippen LogP contribution in [-0.4, -0.2) is 32.4 Å². The number of methoxy groups -OCH3 is 1. The molecule has 1 atom stereocenters. The largest absolute Gasteiger partial charge is 0.494 e. The van der Waals surface area contributed by atoms with Crippen LogP contribution < -0.4 is 10.5 Å². The van der Waals surface area contributed by atoms with Gasteiger partial charge in [0.2, 0.25) is 0 Å². The lowest BCUT2D eigenvalue weighted by Crippen LogP contribution is -2.33. The summed E-state index contributed by atoms with van der Waals surface area (Å²) in [5, 5.41) is 0. The Balaban J connectivity index is 0.00000324. The fraction of sp³-hybridized carbons (Fsp3) is 0.462. The smallest absolute Gasteiger partial charge is 0.322 e. The van der Waals surface area contributed by atoms with Crippen molar-refractivity contribution in [2.24, 2.45) is 5.73 Å². The molecule has 0 spiro atoms. The second kappa shape index (κ2) is 9.58. The SMILES string of the molecule is COC(=O)[C@@H](N)Cc1ccc(OCCCF)cc1.Cl. The van der Waals surface area contributed by atoms with Crippen LogP contribution in [0, 0.1) is 0 Å². The van der Waals surface area contributed by atoms with Gasteiger partial charge in [0, 0.05) is 6.42 Å². The highest BCUT2D eigenvalue weighted by Gasteiger charge is 2.13. The topological polar surface area (TPSA) is 61.5 Å². The van der Waals surface area contributed by atoms with Gasteiger partial charge in [0.25, 0.3) is 0 Å². The Bertz CT molecular complexity index is 373. The average Bonchev–Trinajstić information content (AvgIpc) is 2.40. The number of carbonyl (C=O) groups excluding carboxylic acids is 1. The standard InChI is InChI=1S/C13H18FNO3.ClH/c1-17-13(16)12(15)9-10-3-5-11(6-4-10)18-8-2-7-14;/h3-6,12H,2,7-9,15H2,1H3;1H/t12-;/m0./s1. The van der Waals surface area contributed by atoms with Gasteiger partial charge in [-0.05, 0) is 24.1 Å². The van der Waals surface area contributed by atoms with Crippen molar-refractivity contribution in [1.29, 1.82) is 0 Å². The van der Waals surface area contributed by atoms with Crippen molar-refractivity contribution in [3.8, 4) is 5.75 Å². The lowest BCUT2D eigenvalue weighted by molar-refractivity contribution is -0.142. The lowest BCUT2D eigenvalue weighted by atomic mass is 10.1. The number of esters is 1. The molecule has 108 valence electrons. The predicted molar refractivity (Wildman–Crippen MR) is 73.5 cm³/mol. The molecule has 0 saturated carbocycles. The Morgan fingerprint density at radius 2 is 2.00 bits per heavy atom. The van der Waals surface area contributed by atoms with E-state index in [1.807, 2.05) is 12.1 Å². The summed E-state index contributed by atoms with van der Waals surface area (Å²) in [4.78, 5) is 11.2. The molecule has 0 aliphatic carbocycles. The molecule has 19 heavy (non-hydrogen) atoms. The number of carbonyl (C=O) groups is 1. The molecule has 0 aliphatic heterocycles. The van der Waals surface area contributed by atoms with Crippen LogP contribution >= 0.6 is 12.4 Å². The third-order valence-electron chi connectivity index (χ3n) is 2.43. The van der Waals surface area contributed by atoms with E-state index in [9.17, 15) is 9.18 Å². The van der Waals surface area contributed by atoms with Gasteiger partial charge in [0.1, 0.15) is 11.8 Å². The fourth-order valence-corrected chi connectivity index (χ4v) is 1.45. The first-order valence-electron chi connectivity index (χ1n) is 5.78. The molecule has 4 nitrogen and oxygen atoms in total. The minimum atomic E-state index is -0.659. The second-order valence-electron chi connectivity index (χ2n) is 3.87. The number of rotatable bonds is 7. The van der Waals surface area contributed by atoms with Crippen LogP contribution in [0.25, 0.3) is 0 Å². The molecule has 0 heterocycles. The predicted octanol–water partition coefficient (Wildman–Crippen LogP) is 1.89. The zero-order valence-corrected chi connectivity index (χ0v) is 11.6. The van der Waals surface area contributed by atoms with Gasteiger partial charge in [0.15, 0.2) is 0 Å². The molecule has 1 rings (SSSR count). The van der Waals surface area contributed by atoms with Crippen molar-refractivity contribution in [3.05, 3.63) is 29.8 Å². The van der Waals surface area contributed by atoms with E-state index >= 15 is 0 Å². The Morgan fingerprint density at radius 1 is 1.37 bits per heavy atom. The highest BCUT2D eigenvalue weighted by atomic mass is 35.5. The van der Waals surface area contributed by atoms with Crippen molar-refractivity contribution in [3.63, 3.8) is 0 Å². The van der Waals surface area contributed by atoms with Crippen molar-refractivity contribution >= 4 is 18.4 Å². The fourth-order valence-electron chi connectivity index (χ4n) is 1.45. The van der Waals surface area contributed by atoms with Crippen LogP contribution in [-0.2, 0) is 16.0 Å². The van der Waals surface area contributed by atoms with Gasteiger partial charge in [-0.25, -0.2) is 0 Å². The molecule has 0 aromatic heterocycles. The maximum Gasteiger partial charge on any atom is 0.322 e. The number of benzene rings is 1. The molecule has 1 aromatic carbocycles. The van der Waals surface area contributed by atoms with Crippen molar-refractivity contribution in [1.82, 2.24) is 0 Å². The Labute approximate surface area is 118 Å². The van der Waals surface area contributed by atoms with Crippen molar-refractivity contribution < 1.29 is 18.7 Å². The summed E-state index contributed by atoms with van der Waals surface area (Å²) in [6, 6.07) is 6.55. The summed E-state index contributed by atoms with van der Waals surface area (Å²) in [5.74, 6) is 0.247. The Kier molecular flexibility index (Phi) is 8.91. The average molecular weight is 292 g/mol. The maximum atomic E-state index is 11.9. The van der Waals surface area contributed by atoms with Crippen LogP contribution in [0.15, 0.2) is 24.3 Å². The van der Waals surface area contributed by atoms with Crippen LogP contribution in [0.3, 0.4) is 0 Å². The molecule has 0 unspecified atom stereocenters. The molecule has 0 fully saturated rings. The normalized spacial score (nSPS) is 11.3. The Morgan fingerprint density at radius 3 is 2.53 bits per heavy atom. The molecule has 0 saturated heterocycles. The zero-order chi connectivity index (χ0) is 13.4. The summed E-state index contributed by atoms with van der Waals surface area (Å²) in [7, 11) is 1.31. The molecule has 0 amide bonds. The molecule has 0 bridgehead atoms. The number of hydrogen-bond donors (Lipinski definition) is 1. The van der Waals surface area contributed by atoms with E-state index in [0.29, 0.717) is 25.2 Å². The second-order valence-corrected chi connectivity index (χ2v) is 3.87. The lowest BCUT2D eigenvalue weighted by Gasteiger charge is -2.10. The van der Waals surface area contributed by atoms with E-state index in [2.05, 4.69) is 4.74 Å². The summed E-state index contributed by atoms with van der Waals surface area (Å²) in [5.41, 5.74) is 6.57. The molecular formula is C13H19ClFNO3. The van der Waals surface area contributed by atoms with E-state index in [4.69, 9.17) is 10.5 Å². The van der Waals surface area contributed by atoms with Gasteiger partial charge in [-0.2, -0.15) is 0 Å². The van der Waals surface area contributed by atoms with Crippen molar-refractivity contribution in [2.75, 3.05) is 20.4 Å². The molecule has 0 radical (unpaired) electrons. The van der Waals surface area contributed by atoms with Gasteiger partial charge >= 0.3 is 5.97 Å². The van der Waals surface area contributed by atoms with Gasteiger partial charge in [0.05, 0.1) is 20.4 Å². The van der Waals surface area contributed by atoms with Gasteiger partial charge in [-0.15, -0.1) is 12.4 Å². The van der Waals surface area contributed by atoms with Crippen LogP contribution in [0.4, 0.5) is 4.39 Å². The maximum absolute atomic E-state index is 11.9. The van der Waals surface area contributed by atoms with E-state index in [1.165, 1.54) is 7.11 Å². The van der Waals surface area contributed by atoms with E-state index in [-0.39, 0.29) is 19.1 Å². The molecule has 0 aliphatic rings. The van der Waals surface area contributed by atoms with Gasteiger partial charge in [-0.3, -0.25) is 9.18 Å². The van der Waals surface area contributed by atoms with E-state index in [0.717, 1.165) is 5.56 Å². The van der Waals surface area contributed by atoms with Gasteiger partial charge < -0.3 is 15.2 Å². The molecular weight excluding hydrogens is 273 g/mol. The number of hydrogen-bond acceptors (Lipinski definition) is 4. The van der Waals surface area contributed by atoms with E-state index < -0.39 is 12.0 Å². The van der Waals surface area contributed by atoms with Crippen molar-refractivity contribution in [2.45, 2.75) is 18.9 Å². The van der Waals surface area contributed by atoms with Crippen LogP contribution in [0.5, 0.6) is 5.75 Å². The van der Waals surface area contributed by atoms with Gasteiger partial charge in [-0.1, -0.05) is 12.1 Å². The summed E-state index contributed by atoms with van der Waals surface area (Å²) in [6.07, 6.45) is 0.798. The summed E-state index contributed by atoms with van der Waals surface area (Å²) in [6.45, 7) is -0.0242. The number of nitrogens with two attached hydrogens (primary N) is 1. The number of alkyl halides is 1. The van der Waals surface area contributed by atoms with Crippen LogP contribution in [0.1, 0.15) is 12.0 Å². The summed E-state index contributed by atoms with van der Waals surface area (Å²) >= 11 is 0. The molecule has 1 aromatic rings. The highest BCUT2D eigenvalue weighted by Crippen LogP contribution is 2.13. The molecule has 6 heteroatoms. The Hall–Kier alpha value is -1.33. The third-order valence-corrected chi connectivity index (χ3v) is 2.43. The first kappa shape index (κ1) is 17.7. The summed E-state index contributed by atoms with van der Waals surface area (Å²) < 4.78 is 21.7. The number of ether oxygens (including phenoxy) is 2. The minimum Gasteiger partial charge on any atom is -0.494 e. The first-order chi connectivity index (χ1) is 8.67. The zero-order valence-electron chi connectivity index (χ0n) is 10.8. The van der Waals surface area contributed by atoms with Crippen LogP contribution in [0.2, 0.25) is 0 Å².